The SMILES string of the molecule is C#CC(C)(C)NC(=O)c1cccc2nccnc12. The molecule has 0 saturated carbocycles. The molecule has 0 fully saturated rings. The van der Waals surface area contributed by atoms with E-state index in [0.29, 0.717) is 16.6 Å². The lowest BCUT2D eigenvalue weighted by Gasteiger charge is -2.19. The van der Waals surface area contributed by atoms with Gasteiger partial charge in [0.05, 0.1) is 16.6 Å². The van der Waals surface area contributed by atoms with Gasteiger partial charge in [0.15, 0.2) is 0 Å². The number of amides is 1. The first-order chi connectivity index (χ1) is 8.53. The van der Waals surface area contributed by atoms with Crippen molar-refractivity contribution in [2.75, 3.05) is 0 Å². The summed E-state index contributed by atoms with van der Waals surface area (Å²) < 4.78 is 0. The third-order valence-electron chi connectivity index (χ3n) is 2.53. The first-order valence-electron chi connectivity index (χ1n) is 5.53. The van der Waals surface area contributed by atoms with Crippen molar-refractivity contribution in [3.8, 4) is 12.3 Å². The van der Waals surface area contributed by atoms with Crippen LogP contribution in [0, 0.1) is 12.3 Å². The summed E-state index contributed by atoms with van der Waals surface area (Å²) in [7, 11) is 0. The largest absolute Gasteiger partial charge is 0.336 e. The van der Waals surface area contributed by atoms with Gasteiger partial charge >= 0.3 is 0 Å². The molecule has 0 saturated heterocycles. The minimum atomic E-state index is -0.693. The van der Waals surface area contributed by atoms with E-state index < -0.39 is 5.54 Å². The lowest BCUT2D eigenvalue weighted by atomic mass is 10.1. The lowest BCUT2D eigenvalue weighted by Crippen LogP contribution is -2.42. The highest BCUT2D eigenvalue weighted by molar-refractivity contribution is 6.05. The second-order valence-electron chi connectivity index (χ2n) is 4.45. The van der Waals surface area contributed by atoms with E-state index in [1.54, 1.807) is 38.4 Å². The molecule has 0 spiro atoms. The van der Waals surface area contributed by atoms with E-state index >= 15 is 0 Å². The summed E-state index contributed by atoms with van der Waals surface area (Å²) in [6, 6.07) is 5.29. The Hall–Kier alpha value is -2.41. The molecule has 1 N–H and O–H groups in total. The predicted molar refractivity (Wildman–Crippen MR) is 69.9 cm³/mol. The fraction of sp³-hybridized carbons (Fsp3) is 0.214. The summed E-state index contributed by atoms with van der Waals surface area (Å²) in [5.74, 6) is 2.28. The number of nitrogens with zero attached hydrogens (tertiary/aromatic N) is 2. The number of terminal acetylenes is 1. The number of aromatic nitrogens is 2. The van der Waals surface area contributed by atoms with Crippen molar-refractivity contribution in [3.05, 3.63) is 36.2 Å². The Morgan fingerprint density at radius 2 is 2.06 bits per heavy atom. The summed E-state index contributed by atoms with van der Waals surface area (Å²) in [5, 5.41) is 2.77. The fourth-order valence-electron chi connectivity index (χ4n) is 1.56. The number of para-hydroxylation sites is 1. The Morgan fingerprint density at radius 3 is 2.78 bits per heavy atom. The van der Waals surface area contributed by atoms with E-state index in [-0.39, 0.29) is 5.91 Å². The van der Waals surface area contributed by atoms with Gasteiger partial charge in [-0.1, -0.05) is 12.0 Å². The first-order valence-corrected chi connectivity index (χ1v) is 5.53. The van der Waals surface area contributed by atoms with Crippen molar-refractivity contribution in [2.24, 2.45) is 0 Å². The van der Waals surface area contributed by atoms with Gasteiger partial charge in [-0.2, -0.15) is 0 Å². The summed E-state index contributed by atoms with van der Waals surface area (Å²) in [6.07, 6.45) is 8.51. The predicted octanol–water partition coefficient (Wildman–Crippen LogP) is 1.77. The van der Waals surface area contributed by atoms with Crippen LogP contribution in [0.4, 0.5) is 0 Å². The molecule has 0 radical (unpaired) electrons. The molecule has 2 aromatic rings. The molecular weight excluding hydrogens is 226 g/mol. The second-order valence-corrected chi connectivity index (χ2v) is 4.45. The molecule has 0 bridgehead atoms. The van der Waals surface area contributed by atoms with Gasteiger partial charge in [-0.25, -0.2) is 0 Å². The van der Waals surface area contributed by atoms with Crippen LogP contribution in [0.25, 0.3) is 11.0 Å². The summed E-state index contributed by atoms with van der Waals surface area (Å²) in [4.78, 5) is 20.5. The van der Waals surface area contributed by atoms with Crippen LogP contribution in [-0.4, -0.2) is 21.4 Å². The molecule has 1 aromatic heterocycles. The maximum absolute atomic E-state index is 12.2. The molecule has 0 aliphatic rings. The van der Waals surface area contributed by atoms with Gasteiger partial charge in [-0.3, -0.25) is 14.8 Å². The number of hydrogen-bond donors (Lipinski definition) is 1. The standard InChI is InChI=1S/C14H13N3O/c1-4-14(2,3)17-13(18)10-6-5-7-11-12(10)16-9-8-15-11/h1,5-9H,2-3H3,(H,17,18). The van der Waals surface area contributed by atoms with Gasteiger partial charge < -0.3 is 5.32 Å². The zero-order valence-corrected chi connectivity index (χ0v) is 10.3. The summed E-state index contributed by atoms with van der Waals surface area (Å²) in [6.45, 7) is 3.53. The molecular formula is C14H13N3O. The molecule has 0 aliphatic carbocycles. The zero-order chi connectivity index (χ0) is 13.2. The molecule has 18 heavy (non-hydrogen) atoms. The Morgan fingerprint density at radius 1 is 1.33 bits per heavy atom. The van der Waals surface area contributed by atoms with Crippen LogP contribution in [0.2, 0.25) is 0 Å². The Kier molecular flexibility index (Phi) is 2.99. The highest BCUT2D eigenvalue weighted by atomic mass is 16.1. The van der Waals surface area contributed by atoms with Gasteiger partial charge in [0.2, 0.25) is 0 Å². The van der Waals surface area contributed by atoms with Crippen LogP contribution in [0.3, 0.4) is 0 Å². The fourth-order valence-corrected chi connectivity index (χ4v) is 1.56. The van der Waals surface area contributed by atoms with Gasteiger partial charge in [0.25, 0.3) is 5.91 Å². The van der Waals surface area contributed by atoms with Crippen LogP contribution in [0.15, 0.2) is 30.6 Å². The average Bonchev–Trinajstić information content (AvgIpc) is 2.37. The molecule has 1 heterocycles. The van der Waals surface area contributed by atoms with E-state index in [9.17, 15) is 4.79 Å². The van der Waals surface area contributed by atoms with E-state index in [1.807, 2.05) is 6.07 Å². The quantitative estimate of drug-likeness (QED) is 0.813. The summed E-state index contributed by atoms with van der Waals surface area (Å²) >= 11 is 0. The van der Waals surface area contributed by atoms with Crippen molar-refractivity contribution in [2.45, 2.75) is 19.4 Å². The lowest BCUT2D eigenvalue weighted by molar-refractivity contribution is 0.0931. The molecule has 4 nitrogen and oxygen atoms in total. The van der Waals surface area contributed by atoms with Crippen LogP contribution in [0.5, 0.6) is 0 Å². The topological polar surface area (TPSA) is 54.9 Å². The van der Waals surface area contributed by atoms with Crippen molar-refractivity contribution in [1.29, 1.82) is 0 Å². The number of hydrogen-bond acceptors (Lipinski definition) is 3. The third-order valence-corrected chi connectivity index (χ3v) is 2.53. The van der Waals surface area contributed by atoms with Crippen molar-refractivity contribution < 1.29 is 4.79 Å². The highest BCUT2D eigenvalue weighted by Crippen LogP contribution is 2.14. The van der Waals surface area contributed by atoms with Crippen LogP contribution in [-0.2, 0) is 0 Å². The van der Waals surface area contributed by atoms with Gasteiger partial charge in [0.1, 0.15) is 5.52 Å². The van der Waals surface area contributed by atoms with E-state index in [1.165, 1.54) is 0 Å². The number of nitrogens with one attached hydrogen (secondary N) is 1. The molecule has 2 rings (SSSR count). The van der Waals surface area contributed by atoms with Gasteiger partial charge in [-0.05, 0) is 26.0 Å². The normalized spacial score (nSPS) is 10.9. The number of carbonyl (C=O) groups is 1. The number of benzene rings is 1. The van der Waals surface area contributed by atoms with E-state index in [0.717, 1.165) is 0 Å². The smallest absolute Gasteiger partial charge is 0.254 e. The van der Waals surface area contributed by atoms with Crippen LogP contribution in [0.1, 0.15) is 24.2 Å². The van der Waals surface area contributed by atoms with Crippen molar-refractivity contribution in [1.82, 2.24) is 15.3 Å². The average molecular weight is 239 g/mol. The Labute approximate surface area is 105 Å². The van der Waals surface area contributed by atoms with Crippen LogP contribution >= 0.6 is 0 Å². The number of rotatable bonds is 2. The molecule has 1 aromatic carbocycles. The molecule has 4 heteroatoms. The van der Waals surface area contributed by atoms with Crippen molar-refractivity contribution >= 4 is 16.9 Å². The van der Waals surface area contributed by atoms with Crippen LogP contribution < -0.4 is 5.32 Å². The number of fused-ring (bicyclic) bond motifs is 1. The summed E-state index contributed by atoms with van der Waals surface area (Å²) in [5.41, 5.74) is 1.04. The number of carbonyl (C=O) groups excluding carboxylic acids is 1. The zero-order valence-electron chi connectivity index (χ0n) is 10.3. The van der Waals surface area contributed by atoms with Gasteiger partial charge in [-0.15, -0.1) is 6.42 Å². The molecule has 90 valence electrons. The van der Waals surface area contributed by atoms with Gasteiger partial charge in [0, 0.05) is 12.4 Å². The maximum atomic E-state index is 12.2. The molecule has 0 aliphatic heterocycles. The molecule has 0 unspecified atom stereocenters. The first kappa shape index (κ1) is 12.1. The highest BCUT2D eigenvalue weighted by Gasteiger charge is 2.19. The molecule has 0 atom stereocenters. The minimum Gasteiger partial charge on any atom is -0.336 e. The van der Waals surface area contributed by atoms with E-state index in [4.69, 9.17) is 6.42 Å². The van der Waals surface area contributed by atoms with Crippen molar-refractivity contribution in [3.63, 3.8) is 0 Å². The molecule has 1 amide bonds. The second kappa shape index (κ2) is 4.46. The van der Waals surface area contributed by atoms with E-state index in [2.05, 4.69) is 21.2 Å². The minimum absolute atomic E-state index is 0.246. The Balaban J connectivity index is 2.43. The third kappa shape index (κ3) is 2.30. The maximum Gasteiger partial charge on any atom is 0.254 e. The monoisotopic (exact) mass is 239 g/mol. The Bertz CT molecular complexity index is 636.